The number of halogens is 4. The molecule has 8 heteroatoms. The number of hydrogen-bond donors (Lipinski definition) is 1. The maximum atomic E-state index is 13.1. The molecular formula is C18H12F4N2O2. The van der Waals surface area contributed by atoms with Crippen molar-refractivity contribution in [1.29, 1.82) is 0 Å². The quantitative estimate of drug-likeness (QED) is 0.697. The first-order chi connectivity index (χ1) is 12.3. The zero-order valence-corrected chi connectivity index (χ0v) is 13.2. The Morgan fingerprint density at radius 1 is 1.08 bits per heavy atom. The van der Waals surface area contributed by atoms with Crippen LogP contribution < -0.4 is 5.32 Å². The molecule has 3 aromatic rings. The summed E-state index contributed by atoms with van der Waals surface area (Å²) in [6.45, 7) is -0.429. The molecule has 0 saturated heterocycles. The van der Waals surface area contributed by atoms with Crippen LogP contribution in [0.25, 0.3) is 11.3 Å². The molecule has 0 aliphatic rings. The SMILES string of the molecule is O=C(NCc1ccc(F)cc1C(F)(F)F)c1cc(-c2ccccc2)on1. The van der Waals surface area contributed by atoms with Crippen LogP contribution in [0.4, 0.5) is 17.6 Å². The van der Waals surface area contributed by atoms with Gasteiger partial charge in [-0.3, -0.25) is 4.79 Å². The maximum absolute atomic E-state index is 13.1. The third-order valence-corrected chi connectivity index (χ3v) is 3.62. The van der Waals surface area contributed by atoms with Gasteiger partial charge in [0, 0.05) is 18.2 Å². The summed E-state index contributed by atoms with van der Waals surface area (Å²) < 4.78 is 57.1. The average Bonchev–Trinajstić information content (AvgIpc) is 3.10. The van der Waals surface area contributed by atoms with Gasteiger partial charge in [-0.2, -0.15) is 13.2 Å². The molecule has 1 heterocycles. The second-order valence-electron chi connectivity index (χ2n) is 5.42. The fraction of sp³-hybridized carbons (Fsp3) is 0.111. The van der Waals surface area contributed by atoms with Gasteiger partial charge in [-0.05, 0) is 17.7 Å². The van der Waals surface area contributed by atoms with Crippen molar-refractivity contribution in [3.05, 3.63) is 77.2 Å². The smallest absolute Gasteiger partial charge is 0.355 e. The van der Waals surface area contributed by atoms with E-state index in [1.165, 1.54) is 6.07 Å². The molecule has 0 bridgehead atoms. The Labute approximate surface area is 145 Å². The molecule has 0 saturated carbocycles. The second kappa shape index (κ2) is 6.99. The number of nitrogens with zero attached hydrogens (tertiary/aromatic N) is 1. The minimum atomic E-state index is -4.73. The van der Waals surface area contributed by atoms with Crippen LogP contribution in [0.2, 0.25) is 0 Å². The Balaban J connectivity index is 1.73. The van der Waals surface area contributed by atoms with Crippen molar-refractivity contribution < 1.29 is 26.9 Å². The third kappa shape index (κ3) is 3.90. The van der Waals surface area contributed by atoms with E-state index in [1.807, 2.05) is 6.07 Å². The van der Waals surface area contributed by atoms with Gasteiger partial charge in [0.2, 0.25) is 0 Å². The Morgan fingerprint density at radius 2 is 1.81 bits per heavy atom. The van der Waals surface area contributed by atoms with E-state index in [2.05, 4.69) is 10.5 Å². The van der Waals surface area contributed by atoms with Gasteiger partial charge in [-0.25, -0.2) is 4.39 Å². The Morgan fingerprint density at radius 3 is 2.50 bits per heavy atom. The highest BCUT2D eigenvalue weighted by Gasteiger charge is 2.33. The first kappa shape index (κ1) is 17.7. The van der Waals surface area contributed by atoms with Crippen molar-refractivity contribution >= 4 is 5.91 Å². The summed E-state index contributed by atoms with van der Waals surface area (Å²) in [6.07, 6.45) is -4.73. The highest BCUT2D eigenvalue weighted by molar-refractivity contribution is 5.93. The molecule has 1 N–H and O–H groups in total. The van der Waals surface area contributed by atoms with Gasteiger partial charge in [-0.1, -0.05) is 41.6 Å². The summed E-state index contributed by atoms with van der Waals surface area (Å²) in [5.41, 5.74) is -0.751. The van der Waals surface area contributed by atoms with Gasteiger partial charge in [-0.15, -0.1) is 0 Å². The Hall–Kier alpha value is -3.16. The van der Waals surface area contributed by atoms with E-state index in [0.717, 1.165) is 12.1 Å². The lowest BCUT2D eigenvalue weighted by Crippen LogP contribution is -2.24. The van der Waals surface area contributed by atoms with Crippen LogP contribution in [0.5, 0.6) is 0 Å². The summed E-state index contributed by atoms with van der Waals surface area (Å²) in [7, 11) is 0. The lowest BCUT2D eigenvalue weighted by Gasteiger charge is -2.13. The molecule has 0 radical (unpaired) electrons. The highest BCUT2D eigenvalue weighted by Crippen LogP contribution is 2.32. The molecule has 4 nitrogen and oxygen atoms in total. The average molecular weight is 364 g/mol. The van der Waals surface area contributed by atoms with Crippen molar-refractivity contribution in [2.75, 3.05) is 0 Å². The normalized spacial score (nSPS) is 11.4. The molecule has 3 rings (SSSR count). The molecule has 1 amide bonds. The third-order valence-electron chi connectivity index (χ3n) is 3.62. The number of carbonyl (C=O) groups excluding carboxylic acids is 1. The molecule has 2 aromatic carbocycles. The fourth-order valence-corrected chi connectivity index (χ4v) is 2.35. The molecule has 1 aromatic heterocycles. The molecule has 0 spiro atoms. The van der Waals surface area contributed by atoms with Gasteiger partial charge in [0.1, 0.15) is 5.82 Å². The minimum absolute atomic E-state index is 0.0699. The highest BCUT2D eigenvalue weighted by atomic mass is 19.4. The Bertz CT molecular complexity index is 920. The molecule has 134 valence electrons. The van der Waals surface area contributed by atoms with Gasteiger partial charge in [0.15, 0.2) is 11.5 Å². The summed E-state index contributed by atoms with van der Waals surface area (Å²) >= 11 is 0. The van der Waals surface area contributed by atoms with Crippen LogP contribution in [-0.4, -0.2) is 11.1 Å². The van der Waals surface area contributed by atoms with Crippen molar-refractivity contribution in [2.45, 2.75) is 12.7 Å². The van der Waals surface area contributed by atoms with E-state index in [1.54, 1.807) is 24.3 Å². The molecule has 26 heavy (non-hydrogen) atoms. The zero-order valence-electron chi connectivity index (χ0n) is 13.2. The van der Waals surface area contributed by atoms with Crippen LogP contribution >= 0.6 is 0 Å². The van der Waals surface area contributed by atoms with Gasteiger partial charge in [0.05, 0.1) is 5.56 Å². The van der Waals surface area contributed by atoms with Crippen LogP contribution in [0.1, 0.15) is 21.6 Å². The standard InChI is InChI=1S/C18H12F4N2O2/c19-13-7-6-12(14(8-13)18(20,21)22)10-23-17(25)15-9-16(26-24-15)11-4-2-1-3-5-11/h1-9H,10H2,(H,23,25). The number of benzene rings is 2. The number of alkyl halides is 3. The monoisotopic (exact) mass is 364 g/mol. The number of carbonyl (C=O) groups is 1. The van der Waals surface area contributed by atoms with Crippen LogP contribution in [0, 0.1) is 5.82 Å². The first-order valence-corrected chi connectivity index (χ1v) is 7.50. The van der Waals surface area contributed by atoms with E-state index < -0.39 is 30.0 Å². The number of aromatic nitrogens is 1. The Kier molecular flexibility index (Phi) is 4.75. The number of rotatable bonds is 4. The van der Waals surface area contributed by atoms with Crippen LogP contribution in [-0.2, 0) is 12.7 Å². The van der Waals surface area contributed by atoms with E-state index in [0.29, 0.717) is 17.4 Å². The minimum Gasteiger partial charge on any atom is -0.355 e. The van der Waals surface area contributed by atoms with E-state index in [9.17, 15) is 22.4 Å². The van der Waals surface area contributed by atoms with Crippen molar-refractivity contribution in [1.82, 2.24) is 10.5 Å². The topological polar surface area (TPSA) is 55.1 Å². The zero-order chi connectivity index (χ0) is 18.7. The van der Waals surface area contributed by atoms with Gasteiger partial charge >= 0.3 is 6.18 Å². The molecule has 0 aliphatic carbocycles. The van der Waals surface area contributed by atoms with Gasteiger partial charge < -0.3 is 9.84 Å². The summed E-state index contributed by atoms with van der Waals surface area (Å²) in [5.74, 6) is -1.35. The number of amides is 1. The van der Waals surface area contributed by atoms with Gasteiger partial charge in [0.25, 0.3) is 5.91 Å². The predicted molar refractivity (Wildman–Crippen MR) is 84.5 cm³/mol. The molecule has 0 atom stereocenters. The maximum Gasteiger partial charge on any atom is 0.416 e. The summed E-state index contributed by atoms with van der Waals surface area (Å²) in [4.78, 5) is 12.1. The molecule has 0 aliphatic heterocycles. The van der Waals surface area contributed by atoms with E-state index >= 15 is 0 Å². The van der Waals surface area contributed by atoms with Crippen molar-refractivity contribution in [3.8, 4) is 11.3 Å². The largest absolute Gasteiger partial charge is 0.416 e. The lowest BCUT2D eigenvalue weighted by atomic mass is 10.1. The van der Waals surface area contributed by atoms with E-state index in [-0.39, 0.29) is 11.3 Å². The molecule has 0 unspecified atom stereocenters. The van der Waals surface area contributed by atoms with Crippen molar-refractivity contribution in [3.63, 3.8) is 0 Å². The lowest BCUT2D eigenvalue weighted by molar-refractivity contribution is -0.138. The second-order valence-corrected chi connectivity index (χ2v) is 5.42. The molecular weight excluding hydrogens is 352 g/mol. The fourth-order valence-electron chi connectivity index (χ4n) is 2.35. The summed E-state index contributed by atoms with van der Waals surface area (Å²) in [6, 6.07) is 12.6. The predicted octanol–water partition coefficient (Wildman–Crippen LogP) is 4.43. The van der Waals surface area contributed by atoms with Crippen molar-refractivity contribution in [2.24, 2.45) is 0 Å². The molecule has 0 fully saturated rings. The first-order valence-electron chi connectivity index (χ1n) is 7.50. The summed E-state index contributed by atoms with van der Waals surface area (Å²) in [5, 5.41) is 5.95. The number of hydrogen-bond acceptors (Lipinski definition) is 3. The van der Waals surface area contributed by atoms with E-state index in [4.69, 9.17) is 4.52 Å². The number of nitrogens with one attached hydrogen (secondary N) is 1. The van der Waals surface area contributed by atoms with Crippen LogP contribution in [0.3, 0.4) is 0 Å². The van der Waals surface area contributed by atoms with Crippen LogP contribution in [0.15, 0.2) is 59.1 Å².